The molecule has 0 aromatic carbocycles. The Hall–Kier alpha value is -1.09. The van der Waals surface area contributed by atoms with Crippen molar-refractivity contribution in [3.05, 3.63) is 24.0 Å². The van der Waals surface area contributed by atoms with E-state index in [1.54, 1.807) is 6.20 Å². The van der Waals surface area contributed by atoms with Crippen LogP contribution in [-0.4, -0.2) is 11.0 Å². The minimum Gasteiger partial charge on any atom is -0.398 e. The minimum atomic E-state index is 0.228. The van der Waals surface area contributed by atoms with E-state index in [1.165, 1.54) is 32.1 Å². The zero-order chi connectivity index (χ0) is 13.0. The van der Waals surface area contributed by atoms with E-state index in [2.05, 4.69) is 11.9 Å². The normalized spacial score (nSPS) is 25.9. The molecule has 1 heterocycles. The average Bonchev–Trinajstić information content (AvgIpc) is 2.41. The second kappa shape index (κ2) is 6.19. The Kier molecular flexibility index (Phi) is 4.59. The molecular formula is C15H25N3. The first-order valence-corrected chi connectivity index (χ1v) is 7.14. The molecule has 3 nitrogen and oxygen atoms in total. The summed E-state index contributed by atoms with van der Waals surface area (Å²) in [5, 5.41) is 0. The monoisotopic (exact) mass is 247 g/mol. The van der Waals surface area contributed by atoms with Gasteiger partial charge in [0.2, 0.25) is 0 Å². The third kappa shape index (κ3) is 3.22. The molecule has 0 radical (unpaired) electrons. The summed E-state index contributed by atoms with van der Waals surface area (Å²) in [6, 6.07) is 2.09. The smallest absolute Gasteiger partial charge is 0.0378 e. The van der Waals surface area contributed by atoms with Crippen molar-refractivity contribution in [2.24, 2.45) is 17.6 Å². The third-order valence-electron chi connectivity index (χ3n) is 4.40. The van der Waals surface area contributed by atoms with E-state index in [0.717, 1.165) is 23.6 Å². The molecule has 0 spiro atoms. The Bertz CT molecular complexity index is 378. The van der Waals surface area contributed by atoms with E-state index in [-0.39, 0.29) is 6.04 Å². The molecule has 100 valence electrons. The fraction of sp³-hybridized carbons (Fsp3) is 0.667. The van der Waals surface area contributed by atoms with Crippen LogP contribution in [0, 0.1) is 11.8 Å². The Balaban J connectivity index is 1.95. The van der Waals surface area contributed by atoms with Crippen LogP contribution in [0.25, 0.3) is 0 Å². The van der Waals surface area contributed by atoms with Crippen LogP contribution in [0.2, 0.25) is 0 Å². The van der Waals surface area contributed by atoms with Gasteiger partial charge in [-0.1, -0.05) is 26.2 Å². The van der Waals surface area contributed by atoms with Gasteiger partial charge in [0.15, 0.2) is 0 Å². The van der Waals surface area contributed by atoms with Crippen molar-refractivity contribution < 1.29 is 0 Å². The van der Waals surface area contributed by atoms with Gasteiger partial charge in [0.05, 0.1) is 0 Å². The predicted molar refractivity (Wildman–Crippen MR) is 76.1 cm³/mol. The molecule has 4 N–H and O–H groups in total. The molecule has 1 saturated carbocycles. The summed E-state index contributed by atoms with van der Waals surface area (Å²) < 4.78 is 0. The molecule has 0 saturated heterocycles. The first-order valence-electron chi connectivity index (χ1n) is 7.14. The molecule has 1 aromatic rings. The minimum absolute atomic E-state index is 0.228. The van der Waals surface area contributed by atoms with E-state index in [1.807, 2.05) is 12.3 Å². The number of hydrogen-bond acceptors (Lipinski definition) is 3. The molecule has 2 rings (SSSR count). The highest BCUT2D eigenvalue weighted by molar-refractivity contribution is 5.44. The number of pyridine rings is 1. The largest absolute Gasteiger partial charge is 0.398 e. The maximum absolute atomic E-state index is 6.38. The number of aromatic nitrogens is 1. The standard InChI is InChI=1S/C15H25N3/c1-2-11-4-3-5-12(8-11)15(17)9-13-10-18-7-6-14(13)16/h6-7,10-12,15H,2-5,8-9,17H2,1H3,(H2,16,18). The number of nitrogens with two attached hydrogens (primary N) is 2. The molecule has 0 aliphatic heterocycles. The van der Waals surface area contributed by atoms with Crippen molar-refractivity contribution in [1.82, 2.24) is 4.98 Å². The van der Waals surface area contributed by atoms with Gasteiger partial charge in [-0.15, -0.1) is 0 Å². The van der Waals surface area contributed by atoms with Crippen molar-refractivity contribution in [3.8, 4) is 0 Å². The highest BCUT2D eigenvalue weighted by atomic mass is 14.7. The summed E-state index contributed by atoms with van der Waals surface area (Å²) in [4.78, 5) is 4.14. The summed E-state index contributed by atoms with van der Waals surface area (Å²) in [6.07, 6.45) is 11.0. The highest BCUT2D eigenvalue weighted by Crippen LogP contribution is 2.33. The fourth-order valence-corrected chi connectivity index (χ4v) is 3.12. The van der Waals surface area contributed by atoms with E-state index in [0.29, 0.717) is 5.92 Å². The lowest BCUT2D eigenvalue weighted by molar-refractivity contribution is 0.228. The summed E-state index contributed by atoms with van der Waals surface area (Å²) in [5.74, 6) is 1.53. The lowest BCUT2D eigenvalue weighted by Crippen LogP contribution is -2.35. The van der Waals surface area contributed by atoms with Gasteiger partial charge in [-0.3, -0.25) is 4.98 Å². The number of hydrogen-bond donors (Lipinski definition) is 2. The second-order valence-corrected chi connectivity index (χ2v) is 5.64. The molecule has 1 aliphatic rings. The van der Waals surface area contributed by atoms with Gasteiger partial charge < -0.3 is 11.5 Å². The fourth-order valence-electron chi connectivity index (χ4n) is 3.12. The Labute approximate surface area is 110 Å². The lowest BCUT2D eigenvalue weighted by Gasteiger charge is -2.32. The third-order valence-corrected chi connectivity index (χ3v) is 4.40. The van der Waals surface area contributed by atoms with Gasteiger partial charge in [-0.05, 0) is 42.7 Å². The molecule has 1 aliphatic carbocycles. The molecule has 0 bridgehead atoms. The second-order valence-electron chi connectivity index (χ2n) is 5.64. The zero-order valence-corrected chi connectivity index (χ0v) is 11.3. The van der Waals surface area contributed by atoms with Gasteiger partial charge in [-0.25, -0.2) is 0 Å². The topological polar surface area (TPSA) is 64.9 Å². The molecular weight excluding hydrogens is 222 g/mol. The SMILES string of the molecule is CCC1CCCC(C(N)Cc2cnccc2N)C1. The number of rotatable bonds is 4. The van der Waals surface area contributed by atoms with Crippen LogP contribution >= 0.6 is 0 Å². The average molecular weight is 247 g/mol. The van der Waals surface area contributed by atoms with Crippen molar-refractivity contribution in [1.29, 1.82) is 0 Å². The molecule has 3 atom stereocenters. The maximum Gasteiger partial charge on any atom is 0.0378 e. The molecule has 18 heavy (non-hydrogen) atoms. The van der Waals surface area contributed by atoms with Gasteiger partial charge in [-0.2, -0.15) is 0 Å². The Morgan fingerprint density at radius 3 is 3.00 bits per heavy atom. The molecule has 3 heteroatoms. The Morgan fingerprint density at radius 1 is 1.44 bits per heavy atom. The lowest BCUT2D eigenvalue weighted by atomic mass is 9.76. The van der Waals surface area contributed by atoms with E-state index in [4.69, 9.17) is 11.5 Å². The molecule has 1 fully saturated rings. The van der Waals surface area contributed by atoms with Crippen LogP contribution in [-0.2, 0) is 6.42 Å². The summed E-state index contributed by atoms with van der Waals surface area (Å²) >= 11 is 0. The predicted octanol–water partition coefficient (Wildman–Crippen LogP) is 2.75. The van der Waals surface area contributed by atoms with Gasteiger partial charge in [0.1, 0.15) is 0 Å². The molecule has 3 unspecified atom stereocenters. The summed E-state index contributed by atoms with van der Waals surface area (Å²) in [7, 11) is 0. The summed E-state index contributed by atoms with van der Waals surface area (Å²) in [6.45, 7) is 2.29. The van der Waals surface area contributed by atoms with Crippen molar-refractivity contribution in [2.45, 2.75) is 51.5 Å². The highest BCUT2D eigenvalue weighted by Gasteiger charge is 2.25. The molecule has 1 aromatic heterocycles. The van der Waals surface area contributed by atoms with Crippen LogP contribution in [0.4, 0.5) is 5.69 Å². The van der Waals surface area contributed by atoms with Gasteiger partial charge in [0, 0.05) is 24.1 Å². The van der Waals surface area contributed by atoms with Crippen molar-refractivity contribution >= 4 is 5.69 Å². The van der Waals surface area contributed by atoms with E-state index in [9.17, 15) is 0 Å². The van der Waals surface area contributed by atoms with Crippen LogP contribution in [0.1, 0.15) is 44.6 Å². The van der Waals surface area contributed by atoms with Crippen LogP contribution in [0.3, 0.4) is 0 Å². The zero-order valence-electron chi connectivity index (χ0n) is 11.3. The van der Waals surface area contributed by atoms with Crippen molar-refractivity contribution in [3.63, 3.8) is 0 Å². The van der Waals surface area contributed by atoms with Crippen LogP contribution < -0.4 is 11.5 Å². The number of nitrogen functional groups attached to an aromatic ring is 1. The Morgan fingerprint density at radius 2 is 2.28 bits per heavy atom. The van der Waals surface area contributed by atoms with Gasteiger partial charge in [0.25, 0.3) is 0 Å². The van der Waals surface area contributed by atoms with Crippen molar-refractivity contribution in [2.75, 3.05) is 5.73 Å². The van der Waals surface area contributed by atoms with Crippen LogP contribution in [0.5, 0.6) is 0 Å². The van der Waals surface area contributed by atoms with E-state index < -0.39 is 0 Å². The first kappa shape index (κ1) is 13.3. The van der Waals surface area contributed by atoms with E-state index >= 15 is 0 Å². The molecule has 0 amide bonds. The number of nitrogens with zero attached hydrogens (tertiary/aromatic N) is 1. The maximum atomic E-state index is 6.38. The van der Waals surface area contributed by atoms with Gasteiger partial charge >= 0.3 is 0 Å². The summed E-state index contributed by atoms with van der Waals surface area (Å²) in [5.41, 5.74) is 14.3. The quantitative estimate of drug-likeness (QED) is 0.860. The van der Waals surface area contributed by atoms with Crippen LogP contribution in [0.15, 0.2) is 18.5 Å². The first-order chi connectivity index (χ1) is 8.70. The number of anilines is 1.